The number of fused-ring (bicyclic) bond motifs is 1. The summed E-state index contributed by atoms with van der Waals surface area (Å²) in [7, 11) is 0. The summed E-state index contributed by atoms with van der Waals surface area (Å²) in [5.74, 6) is 0. The van der Waals surface area contributed by atoms with Crippen LogP contribution in [0.4, 0.5) is 0 Å². The Morgan fingerprint density at radius 2 is 2.12 bits per heavy atom. The van der Waals surface area contributed by atoms with Crippen LogP contribution < -0.4 is 0 Å². The molecule has 0 aliphatic carbocycles. The molecule has 2 saturated heterocycles. The largest absolute Gasteiger partial charge is 0.371 e. The Morgan fingerprint density at radius 1 is 1.31 bits per heavy atom. The highest BCUT2D eigenvalue weighted by atomic mass is 17.0. The van der Waals surface area contributed by atoms with Gasteiger partial charge in [-0.2, -0.15) is 0 Å². The number of hydroxylamine groups is 2. The van der Waals surface area contributed by atoms with Crippen molar-refractivity contribution in [3.05, 3.63) is 35.9 Å². The Kier molecular flexibility index (Phi) is 2.44. The van der Waals surface area contributed by atoms with Crippen molar-refractivity contribution >= 4 is 0 Å². The lowest BCUT2D eigenvalue weighted by Crippen LogP contribution is -2.46. The Balaban J connectivity index is 1.82. The van der Waals surface area contributed by atoms with Crippen LogP contribution >= 0.6 is 0 Å². The maximum atomic E-state index is 10.3. The Bertz CT molecular complexity index is 370. The van der Waals surface area contributed by atoms with Gasteiger partial charge in [-0.05, 0) is 23.6 Å². The molecule has 1 aromatic carbocycles. The molecule has 0 unspecified atom stereocenters. The fourth-order valence-electron chi connectivity index (χ4n) is 2.32. The van der Waals surface area contributed by atoms with E-state index in [1.807, 2.05) is 30.3 Å². The standard InChI is InChI=1S/C12H15NO3/c14-12-7-4-8-15-13(12)16-11(9-12)10-5-2-1-3-6-10/h1-3,5-6,11,14H,4,7-9H2/t11-,12-/m0/s1. The van der Waals surface area contributed by atoms with Crippen molar-refractivity contribution < 1.29 is 14.8 Å². The SMILES string of the molecule is O[C@]12CCCON1O[C@H](c1ccccc1)C2. The molecule has 86 valence electrons. The molecule has 0 amide bonds. The number of rotatable bonds is 1. The van der Waals surface area contributed by atoms with Crippen LogP contribution in [-0.4, -0.2) is 22.7 Å². The Morgan fingerprint density at radius 3 is 2.88 bits per heavy atom. The van der Waals surface area contributed by atoms with E-state index in [2.05, 4.69) is 0 Å². The van der Waals surface area contributed by atoms with Gasteiger partial charge in [0.05, 0.1) is 6.61 Å². The van der Waals surface area contributed by atoms with E-state index < -0.39 is 5.72 Å². The van der Waals surface area contributed by atoms with E-state index in [4.69, 9.17) is 9.68 Å². The van der Waals surface area contributed by atoms with Gasteiger partial charge in [-0.3, -0.25) is 9.68 Å². The van der Waals surface area contributed by atoms with Gasteiger partial charge >= 0.3 is 0 Å². The normalized spacial score (nSPS) is 34.9. The molecule has 2 atom stereocenters. The topological polar surface area (TPSA) is 41.9 Å². The molecular formula is C12H15NO3. The maximum Gasteiger partial charge on any atom is 0.170 e. The van der Waals surface area contributed by atoms with E-state index in [1.54, 1.807) is 0 Å². The highest BCUT2D eigenvalue weighted by molar-refractivity contribution is 5.18. The second kappa shape index (κ2) is 3.82. The highest BCUT2D eigenvalue weighted by Crippen LogP contribution is 2.43. The summed E-state index contributed by atoms with van der Waals surface area (Å²) in [6, 6.07) is 9.93. The zero-order chi connectivity index (χ0) is 11.0. The van der Waals surface area contributed by atoms with Gasteiger partial charge in [0.25, 0.3) is 0 Å². The summed E-state index contributed by atoms with van der Waals surface area (Å²) in [5.41, 5.74) is 0.132. The predicted octanol–water partition coefficient (Wildman–Crippen LogP) is 1.78. The third-order valence-electron chi connectivity index (χ3n) is 3.18. The molecule has 1 aromatic rings. The van der Waals surface area contributed by atoms with Crippen molar-refractivity contribution in [1.82, 2.24) is 5.23 Å². The highest BCUT2D eigenvalue weighted by Gasteiger charge is 2.49. The maximum absolute atomic E-state index is 10.3. The number of benzene rings is 1. The first-order valence-corrected chi connectivity index (χ1v) is 5.65. The lowest BCUT2D eigenvalue weighted by Gasteiger charge is -2.33. The molecule has 4 nitrogen and oxygen atoms in total. The molecule has 0 bridgehead atoms. The van der Waals surface area contributed by atoms with Crippen LogP contribution in [0.1, 0.15) is 30.9 Å². The minimum Gasteiger partial charge on any atom is -0.371 e. The Hall–Kier alpha value is -0.940. The van der Waals surface area contributed by atoms with Crippen molar-refractivity contribution in [2.45, 2.75) is 31.1 Å². The molecule has 2 aliphatic heterocycles. The smallest absolute Gasteiger partial charge is 0.170 e. The summed E-state index contributed by atoms with van der Waals surface area (Å²) < 4.78 is 0. The van der Waals surface area contributed by atoms with Crippen molar-refractivity contribution in [3.63, 3.8) is 0 Å². The first kappa shape index (κ1) is 10.2. The quantitative estimate of drug-likeness (QED) is 0.785. The molecule has 16 heavy (non-hydrogen) atoms. The fourth-order valence-corrected chi connectivity index (χ4v) is 2.32. The molecule has 2 aliphatic rings. The van der Waals surface area contributed by atoms with Crippen LogP contribution in [0.5, 0.6) is 0 Å². The van der Waals surface area contributed by atoms with E-state index in [-0.39, 0.29) is 6.10 Å². The van der Waals surface area contributed by atoms with Gasteiger partial charge < -0.3 is 5.11 Å². The molecule has 0 aromatic heterocycles. The summed E-state index contributed by atoms with van der Waals surface area (Å²) in [6.45, 7) is 0.615. The molecule has 3 rings (SSSR count). The summed E-state index contributed by atoms with van der Waals surface area (Å²) in [6.07, 6.45) is 2.04. The molecule has 0 spiro atoms. The minimum atomic E-state index is -0.946. The summed E-state index contributed by atoms with van der Waals surface area (Å²) in [5, 5.41) is 11.6. The fraction of sp³-hybridized carbons (Fsp3) is 0.500. The van der Waals surface area contributed by atoms with Crippen molar-refractivity contribution in [1.29, 1.82) is 0 Å². The lowest BCUT2D eigenvalue weighted by atomic mass is 9.97. The molecule has 1 N–H and O–H groups in total. The van der Waals surface area contributed by atoms with Gasteiger partial charge in [0, 0.05) is 6.42 Å². The second-order valence-corrected chi connectivity index (χ2v) is 4.39. The van der Waals surface area contributed by atoms with Crippen LogP contribution in [0.2, 0.25) is 0 Å². The number of hydrogen-bond donors (Lipinski definition) is 1. The van der Waals surface area contributed by atoms with Gasteiger partial charge in [-0.25, -0.2) is 0 Å². The van der Waals surface area contributed by atoms with E-state index in [0.717, 1.165) is 12.0 Å². The number of aliphatic hydroxyl groups is 1. The van der Waals surface area contributed by atoms with Gasteiger partial charge in [0.15, 0.2) is 5.72 Å². The van der Waals surface area contributed by atoms with E-state index in [1.165, 1.54) is 5.23 Å². The average Bonchev–Trinajstić information content (AvgIpc) is 2.67. The van der Waals surface area contributed by atoms with Crippen LogP contribution in [0.3, 0.4) is 0 Å². The number of nitrogens with zero attached hydrogens (tertiary/aromatic N) is 1. The lowest BCUT2D eigenvalue weighted by molar-refractivity contribution is -0.440. The van der Waals surface area contributed by atoms with E-state index in [0.29, 0.717) is 19.4 Å². The van der Waals surface area contributed by atoms with Gasteiger partial charge in [0.2, 0.25) is 0 Å². The number of hydrogen-bond acceptors (Lipinski definition) is 4. The summed E-state index contributed by atoms with van der Waals surface area (Å²) >= 11 is 0. The first-order valence-electron chi connectivity index (χ1n) is 5.65. The zero-order valence-corrected chi connectivity index (χ0v) is 9.00. The third-order valence-corrected chi connectivity index (χ3v) is 3.18. The zero-order valence-electron chi connectivity index (χ0n) is 9.00. The molecule has 4 heteroatoms. The molecule has 2 heterocycles. The van der Waals surface area contributed by atoms with Gasteiger partial charge in [-0.1, -0.05) is 30.3 Å². The first-order chi connectivity index (χ1) is 7.78. The molecule has 2 fully saturated rings. The van der Waals surface area contributed by atoms with Crippen molar-refractivity contribution in [2.24, 2.45) is 0 Å². The van der Waals surface area contributed by atoms with Crippen LogP contribution in [0.15, 0.2) is 30.3 Å². The molecular weight excluding hydrogens is 206 g/mol. The Labute approximate surface area is 94.3 Å². The summed E-state index contributed by atoms with van der Waals surface area (Å²) in [4.78, 5) is 10.9. The van der Waals surface area contributed by atoms with Crippen molar-refractivity contribution in [2.75, 3.05) is 6.61 Å². The predicted molar refractivity (Wildman–Crippen MR) is 56.9 cm³/mol. The molecule has 0 radical (unpaired) electrons. The third kappa shape index (κ3) is 1.64. The average molecular weight is 221 g/mol. The van der Waals surface area contributed by atoms with Crippen LogP contribution in [0.25, 0.3) is 0 Å². The van der Waals surface area contributed by atoms with Crippen LogP contribution in [-0.2, 0) is 9.68 Å². The van der Waals surface area contributed by atoms with E-state index in [9.17, 15) is 5.11 Å². The second-order valence-electron chi connectivity index (χ2n) is 4.39. The van der Waals surface area contributed by atoms with Crippen molar-refractivity contribution in [3.8, 4) is 0 Å². The van der Waals surface area contributed by atoms with Gasteiger partial charge in [-0.15, -0.1) is 0 Å². The monoisotopic (exact) mass is 221 g/mol. The van der Waals surface area contributed by atoms with Crippen LogP contribution in [0, 0.1) is 0 Å². The molecule has 0 saturated carbocycles. The van der Waals surface area contributed by atoms with Gasteiger partial charge in [0.1, 0.15) is 6.10 Å². The minimum absolute atomic E-state index is 0.107. The van der Waals surface area contributed by atoms with E-state index >= 15 is 0 Å².